The Morgan fingerprint density at radius 1 is 0.977 bits per heavy atom. The Morgan fingerprint density at radius 2 is 1.58 bits per heavy atom. The summed E-state index contributed by atoms with van der Waals surface area (Å²) in [5.74, 6) is -0.327. The highest BCUT2D eigenvalue weighted by atomic mass is 19.4. The summed E-state index contributed by atoms with van der Waals surface area (Å²) in [6.07, 6.45) is -16.7. The molecule has 3 aromatic rings. The van der Waals surface area contributed by atoms with Crippen LogP contribution in [-0.2, 0) is 31.6 Å². The second-order valence-corrected chi connectivity index (χ2v) is 9.75. The minimum absolute atomic E-state index is 0.0203. The zero-order valence-electron chi connectivity index (χ0n) is 22.2. The number of carbonyl (C=O) groups is 1. The standard InChI is InChI=1S/C25H24F9N7O2/c1-2-17-11-20(18-10-14(23(26,27)28)3-4-19(18)41(17)22(42)43)39(21-36-38-40(37-21)6-5-35)12-13-7-15(24(29,30)31)9-16(8-13)25(32,33)34/h3-4,7-10,17,20H,2,5-6,11-12,35H2,1H3,(H,42,43)/t17-,20+/m1/s1. The van der Waals surface area contributed by atoms with Gasteiger partial charge < -0.3 is 15.7 Å². The summed E-state index contributed by atoms with van der Waals surface area (Å²) in [6, 6.07) is 1.22. The van der Waals surface area contributed by atoms with Crippen molar-refractivity contribution in [3.63, 3.8) is 0 Å². The van der Waals surface area contributed by atoms with Gasteiger partial charge in [0, 0.05) is 19.1 Å². The van der Waals surface area contributed by atoms with Crippen molar-refractivity contribution in [3.8, 4) is 0 Å². The fraction of sp³-hybridized carbons (Fsp3) is 0.440. The maximum Gasteiger partial charge on any atom is 0.416 e. The molecule has 1 aromatic heterocycles. The molecule has 0 aliphatic carbocycles. The predicted molar refractivity (Wildman–Crippen MR) is 133 cm³/mol. The maximum atomic E-state index is 13.7. The summed E-state index contributed by atoms with van der Waals surface area (Å²) in [7, 11) is 0. The molecule has 2 atom stereocenters. The third kappa shape index (κ3) is 6.78. The van der Waals surface area contributed by atoms with Crippen molar-refractivity contribution in [1.29, 1.82) is 0 Å². The highest BCUT2D eigenvalue weighted by Crippen LogP contribution is 2.46. The van der Waals surface area contributed by atoms with Gasteiger partial charge in [0.1, 0.15) is 0 Å². The molecule has 1 aliphatic rings. The first-order valence-corrected chi connectivity index (χ1v) is 12.7. The number of fused-ring (bicyclic) bond motifs is 1. The van der Waals surface area contributed by atoms with Gasteiger partial charge in [-0.3, -0.25) is 4.90 Å². The van der Waals surface area contributed by atoms with Crippen LogP contribution in [0.15, 0.2) is 36.4 Å². The molecule has 43 heavy (non-hydrogen) atoms. The lowest BCUT2D eigenvalue weighted by molar-refractivity contribution is -0.143. The van der Waals surface area contributed by atoms with E-state index in [1.54, 1.807) is 6.92 Å². The van der Waals surface area contributed by atoms with Crippen LogP contribution in [0.25, 0.3) is 0 Å². The monoisotopic (exact) mass is 625 g/mol. The van der Waals surface area contributed by atoms with E-state index >= 15 is 0 Å². The van der Waals surface area contributed by atoms with Gasteiger partial charge in [-0.2, -0.15) is 44.3 Å². The molecule has 4 rings (SSSR count). The van der Waals surface area contributed by atoms with Gasteiger partial charge in [-0.25, -0.2) is 4.79 Å². The van der Waals surface area contributed by atoms with Crippen LogP contribution in [0.2, 0.25) is 0 Å². The lowest BCUT2D eigenvalue weighted by Crippen LogP contribution is -2.47. The van der Waals surface area contributed by atoms with Crippen LogP contribution in [0.3, 0.4) is 0 Å². The number of rotatable bonds is 7. The van der Waals surface area contributed by atoms with Gasteiger partial charge in [0.05, 0.1) is 35.0 Å². The van der Waals surface area contributed by atoms with Crippen molar-refractivity contribution in [2.45, 2.75) is 63.5 Å². The Labute approximate surface area is 237 Å². The molecule has 1 aliphatic heterocycles. The van der Waals surface area contributed by atoms with Crippen LogP contribution in [0.4, 0.5) is 55.9 Å². The predicted octanol–water partition coefficient (Wildman–Crippen LogP) is 6.10. The van der Waals surface area contributed by atoms with E-state index < -0.39 is 65.5 Å². The molecular weight excluding hydrogens is 601 g/mol. The van der Waals surface area contributed by atoms with Crippen molar-refractivity contribution in [3.05, 3.63) is 64.2 Å². The first-order chi connectivity index (χ1) is 19.9. The summed E-state index contributed by atoms with van der Waals surface area (Å²) < 4.78 is 123. The van der Waals surface area contributed by atoms with Gasteiger partial charge >= 0.3 is 24.6 Å². The van der Waals surface area contributed by atoms with Gasteiger partial charge in [0.15, 0.2) is 0 Å². The number of amides is 1. The van der Waals surface area contributed by atoms with E-state index in [-0.39, 0.29) is 49.2 Å². The van der Waals surface area contributed by atoms with Crippen molar-refractivity contribution in [2.24, 2.45) is 5.73 Å². The van der Waals surface area contributed by atoms with Gasteiger partial charge in [0.25, 0.3) is 5.95 Å². The zero-order valence-corrected chi connectivity index (χ0v) is 22.2. The van der Waals surface area contributed by atoms with E-state index in [0.29, 0.717) is 24.3 Å². The highest BCUT2D eigenvalue weighted by molar-refractivity contribution is 5.89. The van der Waals surface area contributed by atoms with E-state index in [1.807, 2.05) is 0 Å². The normalized spacial score (nSPS) is 17.6. The van der Waals surface area contributed by atoms with Crippen LogP contribution >= 0.6 is 0 Å². The number of tetrazole rings is 1. The average Bonchev–Trinajstić information content (AvgIpc) is 3.37. The molecule has 0 fully saturated rings. The molecule has 0 spiro atoms. The molecular formula is C25H24F9N7O2. The smallest absolute Gasteiger partial charge is 0.416 e. The summed E-state index contributed by atoms with van der Waals surface area (Å²) in [5, 5.41) is 21.6. The molecule has 9 nitrogen and oxygen atoms in total. The number of alkyl halides is 9. The minimum atomic E-state index is -5.16. The van der Waals surface area contributed by atoms with Crippen molar-refractivity contribution in [2.75, 3.05) is 16.3 Å². The van der Waals surface area contributed by atoms with Gasteiger partial charge in [-0.1, -0.05) is 12.0 Å². The Bertz CT molecular complexity index is 1440. The highest BCUT2D eigenvalue weighted by Gasteiger charge is 2.42. The van der Waals surface area contributed by atoms with E-state index in [9.17, 15) is 49.4 Å². The number of hydrogen-bond donors (Lipinski definition) is 2. The van der Waals surface area contributed by atoms with Crippen LogP contribution in [0, 0.1) is 0 Å². The summed E-state index contributed by atoms with van der Waals surface area (Å²) in [5.41, 5.74) is 0.343. The zero-order chi connectivity index (χ0) is 31.9. The molecule has 0 saturated carbocycles. The van der Waals surface area contributed by atoms with E-state index in [2.05, 4.69) is 15.4 Å². The summed E-state index contributed by atoms with van der Waals surface area (Å²) in [6.45, 7) is 0.942. The van der Waals surface area contributed by atoms with Gasteiger partial charge in [-0.15, -0.1) is 5.10 Å². The molecule has 18 heteroatoms. The van der Waals surface area contributed by atoms with E-state index in [4.69, 9.17) is 5.73 Å². The Kier molecular flexibility index (Phi) is 8.54. The number of hydrogen-bond acceptors (Lipinski definition) is 6. The molecule has 0 unspecified atom stereocenters. The quantitative estimate of drug-likeness (QED) is 0.305. The number of carboxylic acid groups (broad SMARTS) is 1. The molecule has 234 valence electrons. The first-order valence-electron chi connectivity index (χ1n) is 12.7. The molecule has 1 amide bonds. The van der Waals surface area contributed by atoms with Crippen molar-refractivity contribution in [1.82, 2.24) is 20.2 Å². The van der Waals surface area contributed by atoms with Crippen molar-refractivity contribution >= 4 is 17.7 Å². The number of anilines is 2. The molecule has 0 radical (unpaired) electrons. The summed E-state index contributed by atoms with van der Waals surface area (Å²) >= 11 is 0. The fourth-order valence-electron chi connectivity index (χ4n) is 5.00. The van der Waals surface area contributed by atoms with Gasteiger partial charge in [0.2, 0.25) is 0 Å². The maximum absolute atomic E-state index is 13.7. The number of benzene rings is 2. The SMILES string of the molecule is CC[C@@H]1C[C@H](N(Cc2cc(C(F)(F)F)cc(C(F)(F)F)c2)c2nnn(CCN)n2)c2cc(C(F)(F)F)ccc2N1C(=O)O. The van der Waals surface area contributed by atoms with Crippen LogP contribution < -0.4 is 15.5 Å². The van der Waals surface area contributed by atoms with Crippen LogP contribution in [0.1, 0.15) is 53.6 Å². The van der Waals surface area contributed by atoms with Crippen LogP contribution in [-0.4, -0.2) is 44.0 Å². The number of halogens is 9. The lowest BCUT2D eigenvalue weighted by atomic mass is 9.87. The van der Waals surface area contributed by atoms with Crippen molar-refractivity contribution < 1.29 is 49.4 Å². The molecule has 0 saturated heterocycles. The average molecular weight is 625 g/mol. The third-order valence-corrected chi connectivity index (χ3v) is 6.92. The number of nitrogens with two attached hydrogens (primary N) is 1. The third-order valence-electron chi connectivity index (χ3n) is 6.92. The first kappa shape index (κ1) is 31.8. The second kappa shape index (κ2) is 11.5. The molecule has 3 N–H and O–H groups in total. The largest absolute Gasteiger partial charge is 0.465 e. The van der Waals surface area contributed by atoms with E-state index in [1.165, 1.54) is 0 Å². The number of nitrogens with zero attached hydrogens (tertiary/aromatic N) is 6. The number of aromatic nitrogens is 4. The Balaban J connectivity index is 1.94. The van der Waals surface area contributed by atoms with Gasteiger partial charge in [-0.05, 0) is 65.6 Å². The molecule has 0 bridgehead atoms. The fourth-order valence-corrected chi connectivity index (χ4v) is 5.00. The molecule has 2 aromatic carbocycles. The molecule has 2 heterocycles. The Morgan fingerprint density at radius 3 is 2.09 bits per heavy atom. The second-order valence-electron chi connectivity index (χ2n) is 9.75. The van der Waals surface area contributed by atoms with E-state index in [0.717, 1.165) is 20.7 Å². The van der Waals surface area contributed by atoms with Crippen LogP contribution in [0.5, 0.6) is 0 Å². The summed E-state index contributed by atoms with van der Waals surface area (Å²) in [4.78, 5) is 15.2. The minimum Gasteiger partial charge on any atom is -0.465 e. The topological polar surface area (TPSA) is 113 Å². The Hall–Kier alpha value is -4.09. The lowest BCUT2D eigenvalue weighted by Gasteiger charge is -2.43.